The van der Waals surface area contributed by atoms with Crippen molar-refractivity contribution >= 4 is 0 Å². The Bertz CT molecular complexity index is 345. The van der Waals surface area contributed by atoms with Crippen LogP contribution in [-0.2, 0) is 0 Å². The molecule has 1 aromatic rings. The van der Waals surface area contributed by atoms with Gasteiger partial charge in [-0.1, -0.05) is 26.3 Å². The minimum Gasteiger partial charge on any atom is -0.306 e. The topological polar surface area (TPSA) is 24.9 Å². The molecule has 1 aliphatic rings. The number of aromatic nitrogens is 1. The third-order valence-electron chi connectivity index (χ3n) is 3.82. The zero-order valence-electron chi connectivity index (χ0n) is 11.2. The van der Waals surface area contributed by atoms with Crippen LogP contribution >= 0.6 is 0 Å². The van der Waals surface area contributed by atoms with Crippen LogP contribution in [0.4, 0.5) is 0 Å². The van der Waals surface area contributed by atoms with Gasteiger partial charge < -0.3 is 5.32 Å². The van der Waals surface area contributed by atoms with Crippen molar-refractivity contribution in [3.63, 3.8) is 0 Å². The Balaban J connectivity index is 1.93. The summed E-state index contributed by atoms with van der Waals surface area (Å²) in [6.07, 6.45) is 7.17. The molecule has 1 heterocycles. The predicted octanol–water partition coefficient (Wildman–Crippen LogP) is 3.70. The minimum atomic E-state index is 0.357. The first-order valence-electron chi connectivity index (χ1n) is 6.74. The molecule has 0 bridgehead atoms. The van der Waals surface area contributed by atoms with Crippen molar-refractivity contribution in [1.82, 2.24) is 10.3 Å². The van der Waals surface area contributed by atoms with Gasteiger partial charge in [0, 0.05) is 18.3 Å². The lowest BCUT2D eigenvalue weighted by atomic mass is 9.75. The van der Waals surface area contributed by atoms with Gasteiger partial charge in [-0.25, -0.2) is 0 Å². The summed E-state index contributed by atoms with van der Waals surface area (Å²) in [6.45, 7) is 6.97. The molecule has 1 fully saturated rings. The van der Waals surface area contributed by atoms with Gasteiger partial charge >= 0.3 is 0 Å². The number of nitrogens with zero attached hydrogens (tertiary/aromatic N) is 1. The van der Waals surface area contributed by atoms with Crippen LogP contribution in [-0.4, -0.2) is 11.0 Å². The van der Waals surface area contributed by atoms with Crippen molar-refractivity contribution in [2.75, 3.05) is 0 Å². The Kier molecular flexibility index (Phi) is 3.82. The fraction of sp³-hybridized carbons (Fsp3) is 0.667. The van der Waals surface area contributed by atoms with Crippen LogP contribution in [0.1, 0.15) is 58.2 Å². The first-order chi connectivity index (χ1) is 8.07. The van der Waals surface area contributed by atoms with E-state index in [1.54, 1.807) is 0 Å². The first kappa shape index (κ1) is 12.6. The van der Waals surface area contributed by atoms with Gasteiger partial charge in [0.15, 0.2) is 0 Å². The summed E-state index contributed by atoms with van der Waals surface area (Å²) in [5, 5.41) is 3.73. The van der Waals surface area contributed by atoms with E-state index in [9.17, 15) is 0 Å². The third kappa shape index (κ3) is 3.53. The van der Waals surface area contributed by atoms with E-state index in [-0.39, 0.29) is 0 Å². The molecule has 94 valence electrons. The molecule has 0 amide bonds. The van der Waals surface area contributed by atoms with Gasteiger partial charge in [0.05, 0.1) is 5.69 Å². The Morgan fingerprint density at radius 1 is 1.41 bits per heavy atom. The van der Waals surface area contributed by atoms with E-state index < -0.39 is 0 Å². The minimum absolute atomic E-state index is 0.357. The Labute approximate surface area is 105 Å². The van der Waals surface area contributed by atoms with Crippen molar-refractivity contribution < 1.29 is 0 Å². The summed E-state index contributed by atoms with van der Waals surface area (Å²) < 4.78 is 0. The SMILES string of the molecule is CC(NC1CCCC(C)(C)C1)c1ccccn1. The highest BCUT2D eigenvalue weighted by atomic mass is 15.0. The van der Waals surface area contributed by atoms with Gasteiger partial charge in [-0.15, -0.1) is 0 Å². The highest BCUT2D eigenvalue weighted by Gasteiger charge is 2.28. The summed E-state index contributed by atoms with van der Waals surface area (Å²) >= 11 is 0. The normalized spacial score (nSPS) is 25.5. The average molecular weight is 232 g/mol. The molecule has 2 unspecified atom stereocenters. The highest BCUT2D eigenvalue weighted by Crippen LogP contribution is 2.35. The first-order valence-corrected chi connectivity index (χ1v) is 6.74. The van der Waals surface area contributed by atoms with Crippen molar-refractivity contribution in [3.8, 4) is 0 Å². The molecule has 0 aromatic carbocycles. The lowest BCUT2D eigenvalue weighted by Gasteiger charge is -2.37. The van der Waals surface area contributed by atoms with Gasteiger partial charge in [-0.05, 0) is 43.7 Å². The zero-order chi connectivity index (χ0) is 12.3. The average Bonchev–Trinajstić information content (AvgIpc) is 2.29. The fourth-order valence-corrected chi connectivity index (χ4v) is 2.91. The smallest absolute Gasteiger partial charge is 0.0570 e. The Hall–Kier alpha value is -0.890. The summed E-state index contributed by atoms with van der Waals surface area (Å²) in [5.74, 6) is 0. The molecule has 2 nitrogen and oxygen atoms in total. The van der Waals surface area contributed by atoms with Gasteiger partial charge in [0.25, 0.3) is 0 Å². The number of rotatable bonds is 3. The van der Waals surface area contributed by atoms with Gasteiger partial charge in [0.1, 0.15) is 0 Å². The lowest BCUT2D eigenvalue weighted by molar-refractivity contribution is 0.190. The summed E-state index contributed by atoms with van der Waals surface area (Å²) in [4.78, 5) is 4.42. The van der Waals surface area contributed by atoms with Crippen molar-refractivity contribution in [2.24, 2.45) is 5.41 Å². The van der Waals surface area contributed by atoms with E-state index in [4.69, 9.17) is 0 Å². The molecular weight excluding hydrogens is 208 g/mol. The van der Waals surface area contributed by atoms with Crippen LogP contribution in [0.3, 0.4) is 0 Å². The van der Waals surface area contributed by atoms with E-state index >= 15 is 0 Å². The second-order valence-electron chi connectivity index (χ2n) is 6.10. The number of hydrogen-bond donors (Lipinski definition) is 1. The number of pyridine rings is 1. The maximum absolute atomic E-state index is 4.42. The van der Waals surface area contributed by atoms with Gasteiger partial charge in [0.2, 0.25) is 0 Å². The van der Waals surface area contributed by atoms with Crippen molar-refractivity contribution in [3.05, 3.63) is 30.1 Å². The summed E-state index contributed by atoms with van der Waals surface area (Å²) in [7, 11) is 0. The van der Waals surface area contributed by atoms with Crippen molar-refractivity contribution in [2.45, 2.75) is 58.5 Å². The second kappa shape index (κ2) is 5.18. The quantitative estimate of drug-likeness (QED) is 0.859. The molecule has 2 heteroatoms. The molecule has 0 spiro atoms. The van der Waals surface area contributed by atoms with E-state index in [0.29, 0.717) is 17.5 Å². The van der Waals surface area contributed by atoms with Gasteiger partial charge in [-0.3, -0.25) is 4.98 Å². The van der Waals surface area contributed by atoms with Gasteiger partial charge in [-0.2, -0.15) is 0 Å². The summed E-state index contributed by atoms with van der Waals surface area (Å²) in [6, 6.07) is 7.14. The Morgan fingerprint density at radius 3 is 2.88 bits per heavy atom. The predicted molar refractivity (Wildman–Crippen MR) is 71.8 cm³/mol. The molecule has 1 aromatic heterocycles. The maximum Gasteiger partial charge on any atom is 0.0570 e. The summed E-state index contributed by atoms with van der Waals surface area (Å²) in [5.41, 5.74) is 1.65. The standard InChI is InChI=1S/C15H24N2/c1-12(14-8-4-5-10-16-14)17-13-7-6-9-15(2,3)11-13/h4-5,8,10,12-13,17H,6-7,9,11H2,1-3H3. The van der Waals surface area contributed by atoms with Crippen LogP contribution < -0.4 is 5.32 Å². The second-order valence-corrected chi connectivity index (χ2v) is 6.10. The Morgan fingerprint density at radius 2 is 2.24 bits per heavy atom. The van der Waals surface area contributed by atoms with E-state index in [0.717, 1.165) is 5.69 Å². The van der Waals surface area contributed by atoms with E-state index in [2.05, 4.69) is 43.2 Å². The zero-order valence-corrected chi connectivity index (χ0v) is 11.2. The molecule has 1 N–H and O–H groups in total. The molecule has 1 saturated carbocycles. The van der Waals surface area contributed by atoms with E-state index in [1.165, 1.54) is 25.7 Å². The molecule has 0 radical (unpaired) electrons. The lowest BCUT2D eigenvalue weighted by Crippen LogP contribution is -2.38. The van der Waals surface area contributed by atoms with Crippen LogP contribution in [0.5, 0.6) is 0 Å². The maximum atomic E-state index is 4.42. The van der Waals surface area contributed by atoms with Crippen molar-refractivity contribution in [1.29, 1.82) is 0 Å². The highest BCUT2D eigenvalue weighted by molar-refractivity contribution is 5.08. The molecule has 0 saturated heterocycles. The van der Waals surface area contributed by atoms with Crippen LogP contribution in [0.15, 0.2) is 24.4 Å². The molecular formula is C15H24N2. The largest absolute Gasteiger partial charge is 0.306 e. The third-order valence-corrected chi connectivity index (χ3v) is 3.82. The van der Waals surface area contributed by atoms with Crippen LogP contribution in [0.2, 0.25) is 0 Å². The molecule has 1 aliphatic carbocycles. The fourth-order valence-electron chi connectivity index (χ4n) is 2.91. The monoisotopic (exact) mass is 232 g/mol. The molecule has 2 rings (SSSR count). The number of hydrogen-bond acceptors (Lipinski definition) is 2. The molecule has 17 heavy (non-hydrogen) atoms. The number of nitrogens with one attached hydrogen (secondary N) is 1. The molecule has 2 atom stereocenters. The van der Waals surface area contributed by atoms with Crippen LogP contribution in [0, 0.1) is 5.41 Å². The van der Waals surface area contributed by atoms with E-state index in [1.807, 2.05) is 12.3 Å². The molecule has 0 aliphatic heterocycles. The van der Waals surface area contributed by atoms with Crippen LogP contribution in [0.25, 0.3) is 0 Å².